The molecule has 0 aliphatic carbocycles. The molecule has 0 spiro atoms. The number of ether oxygens (including phenoxy) is 3. The van der Waals surface area contributed by atoms with Crippen LogP contribution >= 0.6 is 45.2 Å². The zero-order chi connectivity index (χ0) is 22.1. The first-order valence-corrected chi connectivity index (χ1v) is 10.9. The molecule has 7 nitrogen and oxygen atoms in total. The maximum absolute atomic E-state index is 12.5. The van der Waals surface area contributed by atoms with E-state index in [9.17, 15) is 14.9 Å². The number of benzene rings is 2. The Hall–Kier alpha value is -2.33. The fourth-order valence-corrected chi connectivity index (χ4v) is 4.43. The average Bonchev–Trinajstić information content (AvgIpc) is 2.72. The van der Waals surface area contributed by atoms with Crippen molar-refractivity contribution in [2.24, 2.45) is 0 Å². The van der Waals surface area contributed by atoms with Crippen LogP contribution in [0.2, 0.25) is 0 Å². The number of hydrogen-bond acceptors (Lipinski definition) is 6. The molecule has 156 valence electrons. The molecule has 1 N–H and O–H groups in total. The van der Waals surface area contributed by atoms with Crippen LogP contribution in [0.25, 0.3) is 6.08 Å². The Morgan fingerprint density at radius 1 is 1.13 bits per heavy atom. The van der Waals surface area contributed by atoms with Gasteiger partial charge >= 0.3 is 5.97 Å². The monoisotopic (exact) mass is 632 g/mol. The highest BCUT2D eigenvalue weighted by molar-refractivity contribution is 14.1. The zero-order valence-electron chi connectivity index (χ0n) is 16.2. The molecule has 2 aromatic carbocycles. The van der Waals surface area contributed by atoms with Crippen molar-refractivity contribution < 1.29 is 23.8 Å². The largest absolute Gasteiger partial charge is 0.494 e. The lowest BCUT2D eigenvalue weighted by Gasteiger charge is -2.11. The lowest BCUT2D eigenvalue weighted by molar-refractivity contribution is -0.142. The van der Waals surface area contributed by atoms with Crippen molar-refractivity contribution in [1.29, 1.82) is 5.26 Å². The topological polar surface area (TPSA) is 97.6 Å². The molecule has 2 aromatic rings. The van der Waals surface area contributed by atoms with Crippen molar-refractivity contribution in [3.63, 3.8) is 0 Å². The highest BCUT2D eigenvalue weighted by Gasteiger charge is 2.14. The molecule has 0 aliphatic rings. The fourth-order valence-electron chi connectivity index (χ4n) is 2.31. The van der Waals surface area contributed by atoms with Crippen LogP contribution in [0, 0.1) is 18.5 Å². The molecule has 2 rings (SSSR count). The number of methoxy groups -OCH3 is 1. The first-order chi connectivity index (χ1) is 14.4. The van der Waals surface area contributed by atoms with Gasteiger partial charge in [-0.2, -0.15) is 5.26 Å². The van der Waals surface area contributed by atoms with E-state index in [4.69, 9.17) is 9.47 Å². The molecule has 0 heterocycles. The maximum Gasteiger partial charge on any atom is 0.343 e. The smallest absolute Gasteiger partial charge is 0.343 e. The van der Waals surface area contributed by atoms with E-state index in [0.717, 1.165) is 7.14 Å². The van der Waals surface area contributed by atoms with E-state index >= 15 is 0 Å². The van der Waals surface area contributed by atoms with Gasteiger partial charge in [0.1, 0.15) is 23.1 Å². The molecule has 30 heavy (non-hydrogen) atoms. The van der Waals surface area contributed by atoms with Gasteiger partial charge in [-0.05, 0) is 100 Å². The number of hydrogen-bond donors (Lipinski definition) is 1. The third kappa shape index (κ3) is 6.88. The summed E-state index contributed by atoms with van der Waals surface area (Å²) < 4.78 is 16.9. The highest BCUT2D eigenvalue weighted by atomic mass is 127. The molecule has 0 aliphatic heterocycles. The molecule has 0 saturated carbocycles. The summed E-state index contributed by atoms with van der Waals surface area (Å²) in [4.78, 5) is 23.8. The molecule has 1 amide bonds. The zero-order valence-corrected chi connectivity index (χ0v) is 20.5. The van der Waals surface area contributed by atoms with Crippen LogP contribution < -0.4 is 14.8 Å². The second-order valence-corrected chi connectivity index (χ2v) is 8.08. The Morgan fingerprint density at radius 3 is 2.30 bits per heavy atom. The first kappa shape index (κ1) is 23.9. The van der Waals surface area contributed by atoms with Gasteiger partial charge in [0.2, 0.25) is 0 Å². The molecule has 9 heteroatoms. The van der Waals surface area contributed by atoms with Gasteiger partial charge in [0.05, 0.1) is 20.9 Å². The molecule has 0 atom stereocenters. The van der Waals surface area contributed by atoms with Crippen LogP contribution in [0.3, 0.4) is 0 Å². The molecular weight excluding hydrogens is 614 g/mol. The molecule has 0 saturated heterocycles. The van der Waals surface area contributed by atoms with E-state index in [2.05, 4.69) is 55.2 Å². The number of nitriles is 1. The number of nitrogens with zero attached hydrogens (tertiary/aromatic N) is 1. The highest BCUT2D eigenvalue weighted by Crippen LogP contribution is 2.30. The number of nitrogens with one attached hydrogen (secondary N) is 1. The quantitative estimate of drug-likeness (QED) is 0.201. The van der Waals surface area contributed by atoms with Crippen LogP contribution in [0.5, 0.6) is 11.5 Å². The van der Waals surface area contributed by atoms with Gasteiger partial charge in [-0.15, -0.1) is 0 Å². The third-order valence-electron chi connectivity index (χ3n) is 3.68. The Kier molecular flexibility index (Phi) is 9.38. The van der Waals surface area contributed by atoms with Gasteiger partial charge in [0.25, 0.3) is 5.91 Å². The van der Waals surface area contributed by atoms with Crippen molar-refractivity contribution in [3.05, 3.63) is 54.7 Å². The van der Waals surface area contributed by atoms with Crippen molar-refractivity contribution in [2.75, 3.05) is 25.6 Å². The summed E-state index contributed by atoms with van der Waals surface area (Å²) >= 11 is 4.14. The summed E-state index contributed by atoms with van der Waals surface area (Å²) in [6, 6.07) is 12.3. The molecule has 0 radical (unpaired) electrons. The van der Waals surface area contributed by atoms with Gasteiger partial charge in [0.15, 0.2) is 6.61 Å². The van der Waals surface area contributed by atoms with Gasteiger partial charge in [0, 0.05) is 5.69 Å². The number of amides is 1. The lowest BCUT2D eigenvalue weighted by Crippen LogP contribution is -2.14. The third-order valence-corrected chi connectivity index (χ3v) is 5.28. The summed E-state index contributed by atoms with van der Waals surface area (Å²) in [5.41, 5.74) is 1.17. The van der Waals surface area contributed by atoms with Crippen molar-refractivity contribution in [1.82, 2.24) is 0 Å². The Labute approximate surface area is 201 Å². The predicted molar refractivity (Wildman–Crippen MR) is 129 cm³/mol. The van der Waals surface area contributed by atoms with E-state index < -0.39 is 11.9 Å². The van der Waals surface area contributed by atoms with E-state index in [1.54, 1.807) is 36.4 Å². The molecule has 0 fully saturated rings. The fraction of sp³-hybridized carbons (Fsp3) is 0.190. The minimum atomic E-state index is -0.516. The van der Waals surface area contributed by atoms with Crippen LogP contribution in [0.4, 0.5) is 5.69 Å². The van der Waals surface area contributed by atoms with E-state index in [0.29, 0.717) is 29.4 Å². The van der Waals surface area contributed by atoms with Crippen molar-refractivity contribution in [2.45, 2.75) is 6.92 Å². The Morgan fingerprint density at radius 2 is 1.77 bits per heavy atom. The SMILES string of the molecule is CCOc1ccc(NC(=O)/C(C#N)=C\c2cc(I)c(OCC(=O)OC)c(I)c2)cc1. The summed E-state index contributed by atoms with van der Waals surface area (Å²) in [6.45, 7) is 2.24. The summed E-state index contributed by atoms with van der Waals surface area (Å²) in [6.07, 6.45) is 1.50. The summed E-state index contributed by atoms with van der Waals surface area (Å²) in [5, 5.41) is 12.1. The van der Waals surface area contributed by atoms with Gasteiger partial charge in [-0.3, -0.25) is 4.79 Å². The molecule has 0 unspecified atom stereocenters. The van der Waals surface area contributed by atoms with Gasteiger partial charge in [-0.25, -0.2) is 4.79 Å². The van der Waals surface area contributed by atoms with Crippen molar-refractivity contribution in [3.8, 4) is 17.6 Å². The lowest BCUT2D eigenvalue weighted by atomic mass is 10.1. The minimum absolute atomic E-state index is 0.0429. The number of carbonyl (C=O) groups is 2. The number of anilines is 1. The number of rotatable bonds is 8. The Balaban J connectivity index is 2.17. The number of halogens is 2. The normalized spacial score (nSPS) is 10.7. The van der Waals surface area contributed by atoms with E-state index in [1.165, 1.54) is 13.2 Å². The molecule has 0 aromatic heterocycles. The van der Waals surface area contributed by atoms with Crippen LogP contribution in [-0.4, -0.2) is 32.2 Å². The number of esters is 1. The Bertz CT molecular complexity index is 974. The summed E-state index contributed by atoms with van der Waals surface area (Å²) in [7, 11) is 1.29. The minimum Gasteiger partial charge on any atom is -0.494 e. The van der Waals surface area contributed by atoms with Gasteiger partial charge in [-0.1, -0.05) is 0 Å². The van der Waals surface area contributed by atoms with Crippen LogP contribution in [0.1, 0.15) is 12.5 Å². The summed E-state index contributed by atoms with van der Waals surface area (Å²) in [5.74, 6) is 0.238. The molecular formula is C21H18I2N2O5. The second-order valence-electron chi connectivity index (χ2n) is 5.76. The van der Waals surface area contributed by atoms with Crippen LogP contribution in [-0.2, 0) is 14.3 Å². The first-order valence-electron chi connectivity index (χ1n) is 8.72. The maximum atomic E-state index is 12.5. The average molecular weight is 632 g/mol. The van der Waals surface area contributed by atoms with Gasteiger partial charge < -0.3 is 19.5 Å². The van der Waals surface area contributed by atoms with Crippen LogP contribution in [0.15, 0.2) is 42.0 Å². The number of carbonyl (C=O) groups excluding carboxylic acids is 2. The van der Waals surface area contributed by atoms with E-state index in [1.807, 2.05) is 13.0 Å². The standard InChI is InChI=1S/C21H18I2N2O5/c1-3-29-16-6-4-15(5-7-16)25-21(27)14(11-24)8-13-9-17(22)20(18(23)10-13)30-12-19(26)28-2/h4-10H,3,12H2,1-2H3,(H,25,27)/b14-8-. The van der Waals surface area contributed by atoms with E-state index in [-0.39, 0.29) is 12.2 Å². The van der Waals surface area contributed by atoms with Crippen molar-refractivity contribution >= 4 is 68.8 Å². The second kappa shape index (κ2) is 11.8. The predicted octanol–water partition coefficient (Wildman–Crippen LogP) is 4.39. The molecule has 0 bridgehead atoms.